The molecule has 1 heterocycles. The first kappa shape index (κ1) is 13.5. The Kier molecular flexibility index (Phi) is 3.56. The molecule has 21 heavy (non-hydrogen) atoms. The van der Waals surface area contributed by atoms with Crippen LogP contribution >= 0.6 is 0 Å². The molecule has 0 radical (unpaired) electrons. The number of halogens is 1. The van der Waals surface area contributed by atoms with Crippen LogP contribution in [0.3, 0.4) is 0 Å². The van der Waals surface area contributed by atoms with Crippen LogP contribution in [0.25, 0.3) is 0 Å². The van der Waals surface area contributed by atoms with Crippen LogP contribution in [-0.2, 0) is 0 Å². The normalized spacial score (nSPS) is 20.7. The second-order valence-electron chi connectivity index (χ2n) is 5.27. The molecule has 3 rings (SSSR count). The third-order valence-electron chi connectivity index (χ3n) is 3.59. The fourth-order valence-electron chi connectivity index (χ4n) is 2.18. The van der Waals surface area contributed by atoms with Crippen LogP contribution in [0, 0.1) is 11.7 Å². The van der Waals surface area contributed by atoms with E-state index in [1.807, 2.05) is 12.1 Å². The zero-order valence-corrected chi connectivity index (χ0v) is 11.5. The largest absolute Gasteiger partial charge is 0.460 e. The van der Waals surface area contributed by atoms with Crippen molar-refractivity contribution in [3.05, 3.63) is 59.3 Å². The van der Waals surface area contributed by atoms with Crippen LogP contribution in [-0.4, -0.2) is 12.1 Å². The number of furan rings is 1. The standard InChI is InChI=1S/C16H15FN2O2/c1-10-8-14(10)15-7-6-13(21-15)9-18-19-16(20)11-2-4-12(17)5-3-11/h2-7,9-10,14H,8H2,1H3,(H,19,20)/b18-9-/t10-,14-/m0/s1. The number of carbonyl (C=O) groups excluding carboxylic acids is 1. The zero-order chi connectivity index (χ0) is 14.8. The molecule has 0 aliphatic heterocycles. The third kappa shape index (κ3) is 3.18. The smallest absolute Gasteiger partial charge is 0.271 e. The molecule has 0 saturated heterocycles. The summed E-state index contributed by atoms with van der Waals surface area (Å²) in [6, 6.07) is 9.03. The van der Waals surface area contributed by atoms with Crippen molar-refractivity contribution < 1.29 is 13.6 Å². The van der Waals surface area contributed by atoms with E-state index in [2.05, 4.69) is 17.5 Å². The maximum absolute atomic E-state index is 12.7. The number of hydrogen-bond acceptors (Lipinski definition) is 3. The first-order chi connectivity index (χ1) is 10.1. The van der Waals surface area contributed by atoms with Crippen LogP contribution in [0.5, 0.6) is 0 Å². The van der Waals surface area contributed by atoms with Crippen molar-refractivity contribution in [1.82, 2.24) is 5.43 Å². The predicted octanol–water partition coefficient (Wildman–Crippen LogP) is 3.31. The summed E-state index contributed by atoms with van der Waals surface area (Å²) < 4.78 is 18.4. The first-order valence-corrected chi connectivity index (χ1v) is 6.82. The van der Waals surface area contributed by atoms with E-state index < -0.39 is 5.91 Å². The van der Waals surface area contributed by atoms with E-state index in [0.29, 0.717) is 23.2 Å². The van der Waals surface area contributed by atoms with Crippen molar-refractivity contribution in [2.75, 3.05) is 0 Å². The van der Waals surface area contributed by atoms with Crippen molar-refractivity contribution in [1.29, 1.82) is 0 Å². The lowest BCUT2D eigenvalue weighted by atomic mass is 10.2. The van der Waals surface area contributed by atoms with Gasteiger partial charge in [0.05, 0.1) is 6.21 Å². The number of nitrogens with zero attached hydrogens (tertiary/aromatic N) is 1. The van der Waals surface area contributed by atoms with Crippen molar-refractivity contribution in [3.63, 3.8) is 0 Å². The van der Waals surface area contributed by atoms with Gasteiger partial charge in [-0.05, 0) is 48.7 Å². The Bertz CT molecular complexity index is 676. The lowest BCUT2D eigenvalue weighted by Crippen LogP contribution is -2.17. The number of hydrazone groups is 1. The summed E-state index contributed by atoms with van der Waals surface area (Å²) in [6.07, 6.45) is 2.61. The van der Waals surface area contributed by atoms with Gasteiger partial charge in [0.25, 0.3) is 5.91 Å². The molecule has 1 amide bonds. The first-order valence-electron chi connectivity index (χ1n) is 6.82. The number of carbonyl (C=O) groups is 1. The Morgan fingerprint density at radius 1 is 1.33 bits per heavy atom. The molecular weight excluding hydrogens is 271 g/mol. The highest BCUT2D eigenvalue weighted by molar-refractivity contribution is 5.94. The molecule has 4 nitrogen and oxygen atoms in total. The van der Waals surface area contributed by atoms with E-state index in [9.17, 15) is 9.18 Å². The highest BCUT2D eigenvalue weighted by atomic mass is 19.1. The molecule has 2 atom stereocenters. The minimum Gasteiger partial charge on any atom is -0.460 e. The van der Waals surface area contributed by atoms with E-state index in [1.165, 1.54) is 30.5 Å². The van der Waals surface area contributed by atoms with E-state index in [0.717, 1.165) is 12.2 Å². The number of hydrogen-bond donors (Lipinski definition) is 1. The summed E-state index contributed by atoms with van der Waals surface area (Å²) in [7, 11) is 0. The molecule has 1 N–H and O–H groups in total. The average Bonchev–Trinajstić information content (AvgIpc) is 3.01. The Morgan fingerprint density at radius 2 is 2.05 bits per heavy atom. The molecule has 0 spiro atoms. The number of rotatable bonds is 4. The van der Waals surface area contributed by atoms with Gasteiger partial charge in [0, 0.05) is 11.5 Å². The molecule has 2 aromatic rings. The molecule has 5 heteroatoms. The van der Waals surface area contributed by atoms with Crippen LogP contribution in [0.4, 0.5) is 4.39 Å². The average molecular weight is 286 g/mol. The molecule has 1 fully saturated rings. The van der Waals surface area contributed by atoms with Gasteiger partial charge in [0.1, 0.15) is 17.3 Å². The summed E-state index contributed by atoms with van der Waals surface area (Å²) >= 11 is 0. The fourth-order valence-corrected chi connectivity index (χ4v) is 2.18. The molecular formula is C16H15FN2O2. The molecule has 1 aliphatic carbocycles. The van der Waals surface area contributed by atoms with Crippen molar-refractivity contribution in [2.45, 2.75) is 19.3 Å². The van der Waals surface area contributed by atoms with Gasteiger partial charge in [-0.1, -0.05) is 6.92 Å². The topological polar surface area (TPSA) is 54.6 Å². The number of nitrogens with one attached hydrogen (secondary N) is 1. The maximum Gasteiger partial charge on any atom is 0.271 e. The number of benzene rings is 1. The van der Waals surface area contributed by atoms with Crippen LogP contribution in [0.15, 0.2) is 45.9 Å². The van der Waals surface area contributed by atoms with E-state index >= 15 is 0 Å². The van der Waals surface area contributed by atoms with Crippen LogP contribution < -0.4 is 5.43 Å². The molecule has 0 unspecified atom stereocenters. The quantitative estimate of drug-likeness (QED) is 0.692. The van der Waals surface area contributed by atoms with Gasteiger partial charge in [0.15, 0.2) is 0 Å². The summed E-state index contributed by atoms with van der Waals surface area (Å²) in [4.78, 5) is 11.7. The second-order valence-corrected chi connectivity index (χ2v) is 5.27. The Morgan fingerprint density at radius 3 is 2.71 bits per heavy atom. The minimum atomic E-state index is -0.395. The monoisotopic (exact) mass is 286 g/mol. The van der Waals surface area contributed by atoms with E-state index in [1.54, 1.807) is 0 Å². The van der Waals surface area contributed by atoms with Gasteiger partial charge in [-0.2, -0.15) is 5.10 Å². The van der Waals surface area contributed by atoms with Gasteiger partial charge < -0.3 is 4.42 Å². The molecule has 1 aromatic heterocycles. The summed E-state index contributed by atoms with van der Waals surface area (Å²) in [6.45, 7) is 2.18. The Balaban J connectivity index is 1.57. The summed E-state index contributed by atoms with van der Waals surface area (Å²) in [5.41, 5.74) is 2.73. The lowest BCUT2D eigenvalue weighted by molar-refractivity contribution is 0.0955. The zero-order valence-electron chi connectivity index (χ0n) is 11.5. The molecule has 1 aliphatic rings. The van der Waals surface area contributed by atoms with Gasteiger partial charge in [-0.3, -0.25) is 4.79 Å². The van der Waals surface area contributed by atoms with E-state index in [4.69, 9.17) is 4.42 Å². The third-order valence-corrected chi connectivity index (χ3v) is 3.59. The SMILES string of the molecule is C[C@H]1C[C@@H]1c1ccc(/C=N\NC(=O)c2ccc(F)cc2)o1. The summed E-state index contributed by atoms with van der Waals surface area (Å²) in [5, 5.41) is 3.84. The van der Waals surface area contributed by atoms with Crippen LogP contribution in [0.1, 0.15) is 41.1 Å². The highest BCUT2D eigenvalue weighted by Crippen LogP contribution is 2.47. The van der Waals surface area contributed by atoms with E-state index in [-0.39, 0.29) is 5.82 Å². The second kappa shape index (κ2) is 5.52. The highest BCUT2D eigenvalue weighted by Gasteiger charge is 2.36. The summed E-state index contributed by atoms with van der Waals surface area (Å²) in [5.74, 6) is 1.98. The maximum atomic E-state index is 12.7. The van der Waals surface area contributed by atoms with Crippen LogP contribution in [0.2, 0.25) is 0 Å². The van der Waals surface area contributed by atoms with Gasteiger partial charge >= 0.3 is 0 Å². The molecule has 0 bridgehead atoms. The van der Waals surface area contributed by atoms with Gasteiger partial charge in [-0.25, -0.2) is 9.82 Å². The predicted molar refractivity (Wildman–Crippen MR) is 76.7 cm³/mol. The Hall–Kier alpha value is -2.43. The Labute approximate surface area is 121 Å². The minimum absolute atomic E-state index is 0.348. The van der Waals surface area contributed by atoms with Gasteiger partial charge in [0.2, 0.25) is 0 Å². The number of amides is 1. The van der Waals surface area contributed by atoms with Crippen molar-refractivity contribution >= 4 is 12.1 Å². The molecule has 108 valence electrons. The van der Waals surface area contributed by atoms with Gasteiger partial charge in [-0.15, -0.1) is 0 Å². The van der Waals surface area contributed by atoms with Crippen molar-refractivity contribution in [3.8, 4) is 0 Å². The molecule has 1 aromatic carbocycles. The van der Waals surface area contributed by atoms with Crippen molar-refractivity contribution in [2.24, 2.45) is 11.0 Å². The molecule has 1 saturated carbocycles. The fraction of sp³-hybridized carbons (Fsp3) is 0.250. The lowest BCUT2D eigenvalue weighted by Gasteiger charge is -1.98.